The number of methoxy groups -OCH3 is 1. The van der Waals surface area contributed by atoms with Crippen LogP contribution in [0.25, 0.3) is 0 Å². The first kappa shape index (κ1) is 17.0. The first-order chi connectivity index (χ1) is 11.0. The third kappa shape index (κ3) is 5.07. The van der Waals surface area contributed by atoms with Crippen LogP contribution in [0.3, 0.4) is 0 Å². The summed E-state index contributed by atoms with van der Waals surface area (Å²) in [6.07, 6.45) is 0.263. The Hall–Kier alpha value is -2.40. The standard InChI is InChI=1S/C18H20N2O2S/c1-12-4-9-16(13(2)10-12)19-18(23)20-17(21)11-14-5-7-15(22-3)8-6-14/h4-10H,11H2,1-3H3,(H2,19,20,21,23). The average Bonchev–Trinajstić information content (AvgIpc) is 2.50. The molecule has 0 bridgehead atoms. The fraction of sp³-hybridized carbons (Fsp3) is 0.222. The van der Waals surface area contributed by atoms with Crippen molar-refractivity contribution in [2.75, 3.05) is 12.4 Å². The van der Waals surface area contributed by atoms with Gasteiger partial charge in [0, 0.05) is 5.69 Å². The minimum absolute atomic E-state index is 0.155. The monoisotopic (exact) mass is 328 g/mol. The molecule has 5 heteroatoms. The van der Waals surface area contributed by atoms with E-state index in [9.17, 15) is 4.79 Å². The number of benzene rings is 2. The van der Waals surface area contributed by atoms with Crippen molar-refractivity contribution in [3.63, 3.8) is 0 Å². The molecule has 0 aliphatic carbocycles. The first-order valence-corrected chi connectivity index (χ1v) is 7.70. The van der Waals surface area contributed by atoms with Gasteiger partial charge in [-0.25, -0.2) is 0 Å². The predicted molar refractivity (Wildman–Crippen MR) is 97.0 cm³/mol. The van der Waals surface area contributed by atoms with Gasteiger partial charge in [0.25, 0.3) is 0 Å². The van der Waals surface area contributed by atoms with Crippen LogP contribution in [-0.4, -0.2) is 18.1 Å². The molecule has 0 aromatic heterocycles. The summed E-state index contributed by atoms with van der Waals surface area (Å²) in [5.41, 5.74) is 4.06. The lowest BCUT2D eigenvalue weighted by atomic mass is 10.1. The summed E-state index contributed by atoms with van der Waals surface area (Å²) < 4.78 is 5.09. The van der Waals surface area contributed by atoms with Crippen LogP contribution in [0.2, 0.25) is 0 Å². The molecule has 1 amide bonds. The molecule has 0 atom stereocenters. The van der Waals surface area contributed by atoms with Crippen LogP contribution in [-0.2, 0) is 11.2 Å². The van der Waals surface area contributed by atoms with Crippen molar-refractivity contribution in [2.24, 2.45) is 0 Å². The summed E-state index contributed by atoms with van der Waals surface area (Å²) in [6, 6.07) is 13.4. The van der Waals surface area contributed by atoms with Crippen molar-refractivity contribution in [3.8, 4) is 5.75 Å². The van der Waals surface area contributed by atoms with Crippen molar-refractivity contribution < 1.29 is 9.53 Å². The molecule has 0 saturated carbocycles. The molecule has 0 saturated heterocycles. The van der Waals surface area contributed by atoms with Crippen molar-refractivity contribution >= 4 is 28.9 Å². The average molecular weight is 328 g/mol. The molecule has 0 heterocycles. The number of amides is 1. The van der Waals surface area contributed by atoms with E-state index in [0.717, 1.165) is 22.6 Å². The highest BCUT2D eigenvalue weighted by Crippen LogP contribution is 2.16. The molecule has 0 fully saturated rings. The van der Waals surface area contributed by atoms with Crippen LogP contribution < -0.4 is 15.4 Å². The summed E-state index contributed by atoms with van der Waals surface area (Å²) >= 11 is 5.20. The number of anilines is 1. The van der Waals surface area contributed by atoms with E-state index in [1.807, 2.05) is 50.2 Å². The summed E-state index contributed by atoms with van der Waals surface area (Å²) in [7, 11) is 1.61. The highest BCUT2D eigenvalue weighted by atomic mass is 32.1. The summed E-state index contributed by atoms with van der Waals surface area (Å²) in [4.78, 5) is 12.0. The van der Waals surface area contributed by atoms with Crippen LogP contribution in [0.1, 0.15) is 16.7 Å². The van der Waals surface area contributed by atoms with Gasteiger partial charge in [-0.3, -0.25) is 4.79 Å². The molecular formula is C18H20N2O2S. The molecule has 2 aromatic rings. The highest BCUT2D eigenvalue weighted by Gasteiger charge is 2.07. The van der Waals surface area contributed by atoms with Gasteiger partial charge in [0.1, 0.15) is 5.75 Å². The Morgan fingerprint density at radius 3 is 2.43 bits per heavy atom. The number of carbonyl (C=O) groups is 1. The quantitative estimate of drug-likeness (QED) is 0.845. The van der Waals surface area contributed by atoms with Gasteiger partial charge in [-0.05, 0) is 55.4 Å². The second kappa shape index (κ2) is 7.74. The number of thiocarbonyl (C=S) groups is 1. The molecule has 0 unspecified atom stereocenters. The number of carbonyl (C=O) groups excluding carboxylic acids is 1. The van der Waals surface area contributed by atoms with Gasteiger partial charge < -0.3 is 15.4 Å². The zero-order valence-electron chi connectivity index (χ0n) is 13.5. The highest BCUT2D eigenvalue weighted by molar-refractivity contribution is 7.80. The Morgan fingerprint density at radius 1 is 1.13 bits per heavy atom. The zero-order chi connectivity index (χ0) is 16.8. The lowest BCUT2D eigenvalue weighted by Crippen LogP contribution is -2.35. The van der Waals surface area contributed by atoms with E-state index in [2.05, 4.69) is 16.7 Å². The van der Waals surface area contributed by atoms with Gasteiger partial charge in [0.2, 0.25) is 5.91 Å². The van der Waals surface area contributed by atoms with Gasteiger partial charge in [-0.1, -0.05) is 29.8 Å². The van der Waals surface area contributed by atoms with Gasteiger partial charge >= 0.3 is 0 Å². The van der Waals surface area contributed by atoms with Crippen molar-refractivity contribution in [1.29, 1.82) is 0 Å². The Balaban J connectivity index is 1.90. The minimum Gasteiger partial charge on any atom is -0.497 e. The molecule has 0 spiro atoms. The lowest BCUT2D eigenvalue weighted by molar-refractivity contribution is -0.119. The third-order valence-corrected chi connectivity index (χ3v) is 3.61. The molecule has 2 aromatic carbocycles. The van der Waals surface area contributed by atoms with E-state index in [4.69, 9.17) is 17.0 Å². The normalized spacial score (nSPS) is 10.0. The van der Waals surface area contributed by atoms with Crippen LogP contribution in [0.5, 0.6) is 5.75 Å². The molecule has 0 aliphatic heterocycles. The van der Waals surface area contributed by atoms with E-state index >= 15 is 0 Å². The fourth-order valence-corrected chi connectivity index (χ4v) is 2.43. The molecule has 0 radical (unpaired) electrons. The van der Waals surface area contributed by atoms with Crippen LogP contribution >= 0.6 is 12.2 Å². The van der Waals surface area contributed by atoms with E-state index < -0.39 is 0 Å². The van der Waals surface area contributed by atoms with Crippen molar-refractivity contribution in [1.82, 2.24) is 5.32 Å². The molecular weight excluding hydrogens is 308 g/mol. The number of ether oxygens (including phenoxy) is 1. The topological polar surface area (TPSA) is 50.4 Å². The second-order valence-corrected chi connectivity index (χ2v) is 5.75. The van der Waals surface area contributed by atoms with Crippen molar-refractivity contribution in [3.05, 3.63) is 59.2 Å². The summed E-state index contributed by atoms with van der Waals surface area (Å²) in [5, 5.41) is 6.05. The van der Waals surface area contributed by atoms with E-state index in [0.29, 0.717) is 5.11 Å². The van der Waals surface area contributed by atoms with Gasteiger partial charge in [0.15, 0.2) is 5.11 Å². The SMILES string of the molecule is COc1ccc(CC(=O)NC(=S)Nc2ccc(C)cc2C)cc1. The number of rotatable bonds is 4. The zero-order valence-corrected chi connectivity index (χ0v) is 14.3. The maximum Gasteiger partial charge on any atom is 0.230 e. The number of aryl methyl sites for hydroxylation is 2. The Morgan fingerprint density at radius 2 is 1.83 bits per heavy atom. The summed E-state index contributed by atoms with van der Waals surface area (Å²) in [5.74, 6) is 0.610. The van der Waals surface area contributed by atoms with E-state index in [-0.39, 0.29) is 12.3 Å². The van der Waals surface area contributed by atoms with E-state index in [1.54, 1.807) is 7.11 Å². The van der Waals surface area contributed by atoms with Gasteiger partial charge in [-0.15, -0.1) is 0 Å². The Kier molecular flexibility index (Phi) is 5.71. The molecule has 4 nitrogen and oxygen atoms in total. The van der Waals surface area contributed by atoms with Crippen LogP contribution in [0.4, 0.5) is 5.69 Å². The second-order valence-electron chi connectivity index (χ2n) is 5.35. The number of hydrogen-bond donors (Lipinski definition) is 2. The lowest BCUT2D eigenvalue weighted by Gasteiger charge is -2.12. The molecule has 2 rings (SSSR count). The fourth-order valence-electron chi connectivity index (χ4n) is 2.21. The van der Waals surface area contributed by atoms with Gasteiger partial charge in [0.05, 0.1) is 13.5 Å². The summed E-state index contributed by atoms with van der Waals surface area (Å²) in [6.45, 7) is 4.03. The third-order valence-electron chi connectivity index (χ3n) is 3.41. The van der Waals surface area contributed by atoms with Crippen molar-refractivity contribution in [2.45, 2.75) is 20.3 Å². The smallest absolute Gasteiger partial charge is 0.230 e. The van der Waals surface area contributed by atoms with Crippen LogP contribution in [0.15, 0.2) is 42.5 Å². The number of hydrogen-bond acceptors (Lipinski definition) is 3. The van der Waals surface area contributed by atoms with E-state index in [1.165, 1.54) is 5.56 Å². The molecule has 23 heavy (non-hydrogen) atoms. The Bertz CT molecular complexity index is 711. The molecule has 2 N–H and O–H groups in total. The molecule has 120 valence electrons. The maximum absolute atomic E-state index is 12.0. The first-order valence-electron chi connectivity index (χ1n) is 7.29. The predicted octanol–water partition coefficient (Wildman–Crippen LogP) is 3.37. The Labute approximate surface area is 141 Å². The number of nitrogens with one attached hydrogen (secondary N) is 2. The minimum atomic E-state index is -0.155. The van der Waals surface area contributed by atoms with Crippen LogP contribution in [0, 0.1) is 13.8 Å². The largest absolute Gasteiger partial charge is 0.497 e. The van der Waals surface area contributed by atoms with Gasteiger partial charge in [-0.2, -0.15) is 0 Å². The maximum atomic E-state index is 12.0. The molecule has 0 aliphatic rings.